The molecule has 0 bridgehead atoms. The highest BCUT2D eigenvalue weighted by Crippen LogP contribution is 2.26. The number of rotatable bonds is 5. The van der Waals surface area contributed by atoms with E-state index in [0.717, 1.165) is 15.0 Å². The van der Waals surface area contributed by atoms with E-state index >= 15 is 0 Å². The van der Waals surface area contributed by atoms with E-state index in [4.69, 9.17) is 5.11 Å². The van der Waals surface area contributed by atoms with Crippen LogP contribution in [0.5, 0.6) is 0 Å². The van der Waals surface area contributed by atoms with Gasteiger partial charge in [-0.1, -0.05) is 18.2 Å². The molecule has 0 aliphatic carbocycles. The van der Waals surface area contributed by atoms with Gasteiger partial charge in [0.25, 0.3) is 0 Å². The van der Waals surface area contributed by atoms with Crippen LogP contribution in [0.1, 0.15) is 4.88 Å². The number of anilines is 1. The van der Waals surface area contributed by atoms with Gasteiger partial charge < -0.3 is 10.0 Å². The number of aliphatic carboxylic acids is 1. The average Bonchev–Trinajstić information content (AvgIpc) is 2.75. The summed E-state index contributed by atoms with van der Waals surface area (Å²) in [5.74, 6) is -0.827. The van der Waals surface area contributed by atoms with Gasteiger partial charge in [-0.2, -0.15) is 0 Å². The molecule has 0 saturated carbocycles. The number of carboxylic acid groups (broad SMARTS) is 1. The Labute approximate surface area is 118 Å². The minimum atomic E-state index is -0.827. The van der Waals surface area contributed by atoms with Gasteiger partial charge in [0.15, 0.2) is 0 Å². The SMILES string of the molecule is O=C(O)CN(Cc1sccc1Br)c1ccccc1. The smallest absolute Gasteiger partial charge is 0.323 e. The Morgan fingerprint density at radius 1 is 1.28 bits per heavy atom. The molecule has 1 heterocycles. The lowest BCUT2D eigenvalue weighted by Crippen LogP contribution is -2.28. The van der Waals surface area contributed by atoms with E-state index in [1.807, 2.05) is 46.7 Å². The average molecular weight is 326 g/mol. The van der Waals surface area contributed by atoms with Crippen molar-refractivity contribution in [3.05, 3.63) is 51.1 Å². The van der Waals surface area contributed by atoms with Crippen LogP contribution in [0.25, 0.3) is 0 Å². The van der Waals surface area contributed by atoms with Crippen LogP contribution in [0.4, 0.5) is 5.69 Å². The van der Waals surface area contributed by atoms with E-state index < -0.39 is 5.97 Å². The zero-order valence-corrected chi connectivity index (χ0v) is 11.9. The summed E-state index contributed by atoms with van der Waals surface area (Å²) >= 11 is 5.09. The Morgan fingerprint density at radius 3 is 2.56 bits per heavy atom. The van der Waals surface area contributed by atoms with E-state index in [1.165, 1.54) is 0 Å². The van der Waals surface area contributed by atoms with Crippen molar-refractivity contribution in [3.63, 3.8) is 0 Å². The summed E-state index contributed by atoms with van der Waals surface area (Å²) in [4.78, 5) is 13.9. The number of carbonyl (C=O) groups is 1. The minimum absolute atomic E-state index is 0.00560. The normalized spacial score (nSPS) is 10.3. The van der Waals surface area contributed by atoms with E-state index in [2.05, 4.69) is 15.9 Å². The molecular formula is C13H12BrNO2S. The maximum absolute atomic E-state index is 10.9. The number of benzene rings is 1. The van der Waals surface area contributed by atoms with E-state index in [9.17, 15) is 4.79 Å². The summed E-state index contributed by atoms with van der Waals surface area (Å²) in [5, 5.41) is 11.0. The van der Waals surface area contributed by atoms with E-state index in [0.29, 0.717) is 6.54 Å². The van der Waals surface area contributed by atoms with Crippen molar-refractivity contribution in [2.45, 2.75) is 6.54 Å². The molecule has 0 fully saturated rings. The van der Waals surface area contributed by atoms with Crippen molar-refractivity contribution in [2.24, 2.45) is 0 Å². The lowest BCUT2D eigenvalue weighted by Gasteiger charge is -2.22. The molecule has 2 rings (SSSR count). The highest BCUT2D eigenvalue weighted by Gasteiger charge is 2.13. The summed E-state index contributed by atoms with van der Waals surface area (Å²) in [5.41, 5.74) is 0.917. The molecule has 3 nitrogen and oxygen atoms in total. The molecule has 0 unspecified atom stereocenters. The fourth-order valence-electron chi connectivity index (χ4n) is 1.65. The molecule has 0 radical (unpaired) electrons. The number of carboxylic acids is 1. The van der Waals surface area contributed by atoms with Gasteiger partial charge in [0.1, 0.15) is 6.54 Å². The van der Waals surface area contributed by atoms with Gasteiger partial charge in [-0.25, -0.2) is 0 Å². The van der Waals surface area contributed by atoms with Crippen molar-refractivity contribution in [2.75, 3.05) is 11.4 Å². The highest BCUT2D eigenvalue weighted by molar-refractivity contribution is 9.10. The van der Waals surface area contributed by atoms with Crippen LogP contribution in [-0.2, 0) is 11.3 Å². The molecule has 2 aromatic rings. The molecule has 94 valence electrons. The molecule has 0 saturated heterocycles. The number of halogens is 1. The Balaban J connectivity index is 2.21. The molecule has 0 spiro atoms. The van der Waals surface area contributed by atoms with E-state index in [-0.39, 0.29) is 6.54 Å². The lowest BCUT2D eigenvalue weighted by atomic mass is 10.2. The first-order valence-corrected chi connectivity index (χ1v) is 7.08. The standard InChI is InChI=1S/C13H12BrNO2S/c14-11-6-7-18-12(11)8-15(9-13(16)17)10-4-2-1-3-5-10/h1-7H,8-9H2,(H,16,17). The fraction of sp³-hybridized carbons (Fsp3) is 0.154. The first kappa shape index (κ1) is 13.1. The summed E-state index contributed by atoms with van der Waals surface area (Å²) < 4.78 is 1.03. The van der Waals surface area contributed by atoms with Crippen LogP contribution >= 0.6 is 27.3 Å². The predicted octanol–water partition coefficient (Wildman–Crippen LogP) is 3.60. The van der Waals surface area contributed by atoms with Gasteiger partial charge in [-0.05, 0) is 39.5 Å². The van der Waals surface area contributed by atoms with E-state index in [1.54, 1.807) is 11.3 Å². The highest BCUT2D eigenvalue weighted by atomic mass is 79.9. The second-order valence-electron chi connectivity index (χ2n) is 3.78. The summed E-state index contributed by atoms with van der Waals surface area (Å²) in [6, 6.07) is 11.6. The van der Waals surface area contributed by atoms with Crippen molar-refractivity contribution in [1.29, 1.82) is 0 Å². The third-order valence-electron chi connectivity index (χ3n) is 2.47. The predicted molar refractivity (Wildman–Crippen MR) is 77.1 cm³/mol. The first-order chi connectivity index (χ1) is 8.66. The second kappa shape index (κ2) is 6.02. The lowest BCUT2D eigenvalue weighted by molar-refractivity contribution is -0.135. The molecule has 5 heteroatoms. The topological polar surface area (TPSA) is 40.5 Å². The van der Waals surface area contributed by atoms with Crippen molar-refractivity contribution >= 4 is 38.9 Å². The summed E-state index contributed by atoms with van der Waals surface area (Å²) in [6.07, 6.45) is 0. The molecule has 1 aromatic carbocycles. The molecule has 0 amide bonds. The minimum Gasteiger partial charge on any atom is -0.480 e. The molecule has 18 heavy (non-hydrogen) atoms. The zero-order valence-electron chi connectivity index (χ0n) is 9.54. The third-order valence-corrected chi connectivity index (χ3v) is 4.38. The Bertz CT molecular complexity index is 527. The Kier molecular flexibility index (Phi) is 4.38. The molecule has 0 aliphatic heterocycles. The third kappa shape index (κ3) is 3.34. The van der Waals surface area contributed by atoms with Crippen LogP contribution in [0.3, 0.4) is 0 Å². The summed E-state index contributed by atoms with van der Waals surface area (Å²) in [7, 11) is 0. The van der Waals surface area contributed by atoms with Crippen molar-refractivity contribution < 1.29 is 9.90 Å². The quantitative estimate of drug-likeness (QED) is 0.913. The van der Waals surface area contributed by atoms with Gasteiger partial charge in [0.05, 0.1) is 6.54 Å². The summed E-state index contributed by atoms with van der Waals surface area (Å²) in [6.45, 7) is 0.586. The maximum atomic E-state index is 10.9. The zero-order chi connectivity index (χ0) is 13.0. The van der Waals surface area contributed by atoms with Crippen LogP contribution in [-0.4, -0.2) is 17.6 Å². The largest absolute Gasteiger partial charge is 0.480 e. The number of thiophene rings is 1. The molecule has 1 N–H and O–H groups in total. The van der Waals surface area contributed by atoms with Gasteiger partial charge in [0, 0.05) is 15.0 Å². The monoisotopic (exact) mass is 325 g/mol. The first-order valence-electron chi connectivity index (χ1n) is 5.40. The number of nitrogens with zero attached hydrogens (tertiary/aromatic N) is 1. The van der Waals surface area contributed by atoms with Gasteiger partial charge in [0.2, 0.25) is 0 Å². The second-order valence-corrected chi connectivity index (χ2v) is 5.63. The maximum Gasteiger partial charge on any atom is 0.323 e. The molecule has 1 aromatic heterocycles. The molecule has 0 aliphatic rings. The van der Waals surface area contributed by atoms with Gasteiger partial charge in [-0.15, -0.1) is 11.3 Å². The Hall–Kier alpha value is -1.33. The van der Waals surface area contributed by atoms with Crippen LogP contribution in [0, 0.1) is 0 Å². The molecule has 0 atom stereocenters. The van der Waals surface area contributed by atoms with Crippen LogP contribution < -0.4 is 4.90 Å². The van der Waals surface area contributed by atoms with Crippen molar-refractivity contribution in [1.82, 2.24) is 0 Å². The number of para-hydroxylation sites is 1. The van der Waals surface area contributed by atoms with Gasteiger partial charge in [-0.3, -0.25) is 4.79 Å². The fourth-order valence-corrected chi connectivity index (χ4v) is 3.14. The van der Waals surface area contributed by atoms with Crippen LogP contribution in [0.2, 0.25) is 0 Å². The Morgan fingerprint density at radius 2 is 2.00 bits per heavy atom. The van der Waals surface area contributed by atoms with Crippen LogP contribution in [0.15, 0.2) is 46.3 Å². The molecular weight excluding hydrogens is 314 g/mol. The number of hydrogen-bond acceptors (Lipinski definition) is 3. The number of hydrogen-bond donors (Lipinski definition) is 1. The van der Waals surface area contributed by atoms with Gasteiger partial charge >= 0.3 is 5.97 Å². The van der Waals surface area contributed by atoms with Crippen molar-refractivity contribution in [3.8, 4) is 0 Å².